The van der Waals surface area contributed by atoms with E-state index in [9.17, 15) is 0 Å². The minimum atomic E-state index is 0.418. The molecule has 78 valence electrons. The highest BCUT2D eigenvalue weighted by molar-refractivity contribution is 5.54. The van der Waals surface area contributed by atoms with Crippen LogP contribution in [0.1, 0.15) is 17.0 Å². The molecule has 0 radical (unpaired) electrons. The molecular formula is C12H14N2O. The number of aromatic nitrogens is 1. The van der Waals surface area contributed by atoms with Crippen LogP contribution in [0.25, 0.3) is 11.5 Å². The molecule has 15 heavy (non-hydrogen) atoms. The monoisotopic (exact) mass is 202 g/mol. The van der Waals surface area contributed by atoms with Crippen LogP contribution in [0, 0.1) is 13.8 Å². The van der Waals surface area contributed by atoms with Gasteiger partial charge in [0.15, 0.2) is 0 Å². The number of nitrogens with zero attached hydrogens (tertiary/aromatic N) is 1. The molecule has 2 aromatic rings. The van der Waals surface area contributed by atoms with Crippen molar-refractivity contribution in [1.29, 1.82) is 0 Å². The maximum absolute atomic E-state index is 5.56. The Kier molecular flexibility index (Phi) is 2.56. The third-order valence-corrected chi connectivity index (χ3v) is 2.35. The fourth-order valence-corrected chi connectivity index (χ4v) is 1.52. The highest BCUT2D eigenvalue weighted by Gasteiger charge is 2.09. The van der Waals surface area contributed by atoms with Crippen LogP contribution < -0.4 is 5.73 Å². The molecule has 0 aliphatic rings. The molecular weight excluding hydrogens is 188 g/mol. The molecule has 0 unspecified atom stereocenters. The molecule has 2 N–H and O–H groups in total. The lowest BCUT2D eigenvalue weighted by Crippen LogP contribution is -1.97. The molecule has 1 heterocycles. The van der Waals surface area contributed by atoms with Gasteiger partial charge in [-0.05, 0) is 26.0 Å². The van der Waals surface area contributed by atoms with Crippen molar-refractivity contribution in [2.45, 2.75) is 20.4 Å². The second-order valence-electron chi connectivity index (χ2n) is 3.60. The number of hydrogen-bond acceptors (Lipinski definition) is 3. The molecule has 0 fully saturated rings. The number of hydrogen-bond donors (Lipinski definition) is 1. The van der Waals surface area contributed by atoms with Crippen molar-refractivity contribution in [1.82, 2.24) is 4.98 Å². The Bertz CT molecular complexity index is 474. The van der Waals surface area contributed by atoms with Gasteiger partial charge in [-0.3, -0.25) is 0 Å². The highest BCUT2D eigenvalue weighted by atomic mass is 16.4. The number of aryl methyl sites for hydroxylation is 2. The van der Waals surface area contributed by atoms with Crippen molar-refractivity contribution in [2.75, 3.05) is 0 Å². The van der Waals surface area contributed by atoms with Gasteiger partial charge >= 0.3 is 0 Å². The van der Waals surface area contributed by atoms with Crippen molar-refractivity contribution in [2.24, 2.45) is 5.73 Å². The van der Waals surface area contributed by atoms with E-state index in [1.807, 2.05) is 38.1 Å². The molecule has 0 atom stereocenters. The summed E-state index contributed by atoms with van der Waals surface area (Å²) in [5.41, 5.74) is 8.57. The predicted molar refractivity (Wildman–Crippen MR) is 59.3 cm³/mol. The molecule has 0 saturated carbocycles. The Morgan fingerprint density at radius 1 is 1.33 bits per heavy atom. The van der Waals surface area contributed by atoms with E-state index in [0.29, 0.717) is 12.4 Å². The zero-order valence-corrected chi connectivity index (χ0v) is 8.95. The summed E-state index contributed by atoms with van der Waals surface area (Å²) < 4.78 is 5.56. The molecule has 1 aromatic carbocycles. The van der Waals surface area contributed by atoms with E-state index in [2.05, 4.69) is 4.98 Å². The number of nitrogens with two attached hydrogens (primary N) is 1. The van der Waals surface area contributed by atoms with E-state index < -0.39 is 0 Å². The maximum atomic E-state index is 5.56. The van der Waals surface area contributed by atoms with Crippen LogP contribution >= 0.6 is 0 Å². The fourth-order valence-electron chi connectivity index (χ4n) is 1.52. The third kappa shape index (κ3) is 1.92. The minimum absolute atomic E-state index is 0.418. The molecule has 0 saturated heterocycles. The van der Waals surface area contributed by atoms with E-state index in [-0.39, 0.29) is 0 Å². The van der Waals surface area contributed by atoms with Crippen LogP contribution in [0.4, 0.5) is 0 Å². The first-order valence-corrected chi connectivity index (χ1v) is 4.94. The third-order valence-electron chi connectivity index (χ3n) is 2.35. The van der Waals surface area contributed by atoms with E-state index in [1.165, 1.54) is 5.56 Å². The average Bonchev–Trinajstić information content (AvgIpc) is 2.60. The van der Waals surface area contributed by atoms with E-state index in [4.69, 9.17) is 10.2 Å². The van der Waals surface area contributed by atoms with Crippen LogP contribution in [0.2, 0.25) is 0 Å². The normalized spacial score (nSPS) is 10.6. The van der Waals surface area contributed by atoms with Crippen LogP contribution in [0.5, 0.6) is 0 Å². The standard InChI is InChI=1S/C12H14N2O/c1-8-4-3-5-10(6-8)12-14-11(7-13)9(2)15-12/h3-6H,7,13H2,1-2H3. The van der Waals surface area contributed by atoms with Crippen LogP contribution in [-0.4, -0.2) is 4.98 Å². The SMILES string of the molecule is Cc1cccc(-c2nc(CN)c(C)o2)c1. The first kappa shape index (κ1) is 9.93. The van der Waals surface area contributed by atoms with E-state index in [0.717, 1.165) is 17.0 Å². The van der Waals surface area contributed by atoms with Gasteiger partial charge in [0.25, 0.3) is 0 Å². The second kappa shape index (κ2) is 3.87. The van der Waals surface area contributed by atoms with Gasteiger partial charge in [-0.25, -0.2) is 4.98 Å². The number of oxazole rings is 1. The predicted octanol–water partition coefficient (Wildman–Crippen LogP) is 2.42. The lowest BCUT2D eigenvalue weighted by Gasteiger charge is -1.96. The molecule has 0 aliphatic heterocycles. The summed E-state index contributed by atoms with van der Waals surface area (Å²) in [6.07, 6.45) is 0. The van der Waals surface area contributed by atoms with Crippen molar-refractivity contribution in [3.8, 4) is 11.5 Å². The van der Waals surface area contributed by atoms with Crippen molar-refractivity contribution < 1.29 is 4.42 Å². The van der Waals surface area contributed by atoms with Gasteiger partial charge in [-0.2, -0.15) is 0 Å². The minimum Gasteiger partial charge on any atom is -0.441 e. The van der Waals surface area contributed by atoms with Gasteiger partial charge in [0.1, 0.15) is 5.76 Å². The summed E-state index contributed by atoms with van der Waals surface area (Å²) in [7, 11) is 0. The molecule has 0 spiro atoms. The highest BCUT2D eigenvalue weighted by Crippen LogP contribution is 2.22. The Morgan fingerprint density at radius 2 is 2.13 bits per heavy atom. The quantitative estimate of drug-likeness (QED) is 0.813. The topological polar surface area (TPSA) is 52.0 Å². The summed E-state index contributed by atoms with van der Waals surface area (Å²) in [6.45, 7) is 4.35. The Morgan fingerprint density at radius 3 is 2.73 bits per heavy atom. The first-order chi connectivity index (χ1) is 7.20. The van der Waals surface area contributed by atoms with Crippen molar-refractivity contribution >= 4 is 0 Å². The largest absolute Gasteiger partial charge is 0.441 e. The molecule has 0 amide bonds. The molecule has 0 bridgehead atoms. The van der Waals surface area contributed by atoms with Crippen LogP contribution in [0.3, 0.4) is 0 Å². The van der Waals surface area contributed by atoms with Crippen molar-refractivity contribution in [3.05, 3.63) is 41.3 Å². The van der Waals surface area contributed by atoms with Gasteiger partial charge in [0.05, 0.1) is 5.69 Å². The number of rotatable bonds is 2. The van der Waals surface area contributed by atoms with Gasteiger partial charge < -0.3 is 10.2 Å². The zero-order chi connectivity index (χ0) is 10.8. The summed E-state index contributed by atoms with van der Waals surface area (Å²) in [6, 6.07) is 8.07. The Labute approximate surface area is 88.9 Å². The van der Waals surface area contributed by atoms with Gasteiger partial charge in [-0.15, -0.1) is 0 Å². The lowest BCUT2D eigenvalue weighted by atomic mass is 10.1. The molecule has 0 aliphatic carbocycles. The van der Waals surface area contributed by atoms with Gasteiger partial charge in [0, 0.05) is 12.1 Å². The summed E-state index contributed by atoms with van der Waals surface area (Å²) in [4.78, 5) is 4.35. The summed E-state index contributed by atoms with van der Waals surface area (Å²) in [5.74, 6) is 1.45. The lowest BCUT2D eigenvalue weighted by molar-refractivity contribution is 0.539. The summed E-state index contributed by atoms with van der Waals surface area (Å²) >= 11 is 0. The van der Waals surface area contributed by atoms with E-state index in [1.54, 1.807) is 0 Å². The van der Waals surface area contributed by atoms with E-state index >= 15 is 0 Å². The van der Waals surface area contributed by atoms with Crippen molar-refractivity contribution in [3.63, 3.8) is 0 Å². The molecule has 3 heteroatoms. The average molecular weight is 202 g/mol. The van der Waals surface area contributed by atoms with Crippen LogP contribution in [-0.2, 0) is 6.54 Å². The van der Waals surface area contributed by atoms with Gasteiger partial charge in [0.2, 0.25) is 5.89 Å². The first-order valence-electron chi connectivity index (χ1n) is 4.94. The zero-order valence-electron chi connectivity index (χ0n) is 8.95. The Balaban J connectivity index is 2.45. The smallest absolute Gasteiger partial charge is 0.226 e. The second-order valence-corrected chi connectivity index (χ2v) is 3.60. The molecule has 3 nitrogen and oxygen atoms in total. The summed E-state index contributed by atoms with van der Waals surface area (Å²) in [5, 5.41) is 0. The maximum Gasteiger partial charge on any atom is 0.226 e. The molecule has 1 aromatic heterocycles. The molecule has 2 rings (SSSR count). The van der Waals surface area contributed by atoms with Crippen LogP contribution in [0.15, 0.2) is 28.7 Å². The number of benzene rings is 1. The Hall–Kier alpha value is -1.61. The van der Waals surface area contributed by atoms with Gasteiger partial charge in [-0.1, -0.05) is 17.7 Å². The fraction of sp³-hybridized carbons (Fsp3) is 0.250.